The number of ketones is 1. The summed E-state index contributed by atoms with van der Waals surface area (Å²) in [6, 6.07) is 4.49. The van der Waals surface area contributed by atoms with Gasteiger partial charge in [0.05, 0.1) is 35.6 Å². The standard InChI is InChI=1S/C42H55N3O10S/c1-6-26-19-25(2)9-7-8-10-27-22-42(27,40(49)44-56(50,51)29-11-12-29)23-34(46)33-20-28(24-45(33)39(48)32(26)21-36(47)55-41(3,4)5)54-38-31-13-14-35-37(53-18-17-52-35)30(31)15-16-43-38/h8,10,13-16,25-29,32-33H,6-7,9,11-12,17-24H2,1-5H3,(H,44,49)/b10-8-/t25-,26+,27+,28+,32-,33-,42+/m0/s1. The van der Waals surface area contributed by atoms with Gasteiger partial charge in [-0.2, -0.15) is 0 Å². The molecule has 7 rings (SSSR count). The third kappa shape index (κ3) is 8.55. The van der Waals surface area contributed by atoms with Crippen LogP contribution < -0.4 is 18.9 Å². The van der Waals surface area contributed by atoms with Gasteiger partial charge in [-0.25, -0.2) is 13.4 Å². The summed E-state index contributed by atoms with van der Waals surface area (Å²) in [6.45, 7) is 10.4. The Labute approximate surface area is 329 Å². The molecule has 4 heterocycles. The predicted octanol–water partition coefficient (Wildman–Crippen LogP) is 5.68. The second-order valence-corrected chi connectivity index (χ2v) is 19.4. The highest BCUT2D eigenvalue weighted by molar-refractivity contribution is 7.90. The molecule has 0 radical (unpaired) electrons. The molecule has 2 aromatic rings. The molecule has 3 aliphatic heterocycles. The van der Waals surface area contributed by atoms with E-state index in [0.717, 1.165) is 18.2 Å². The molecule has 1 aromatic heterocycles. The van der Waals surface area contributed by atoms with Crippen molar-refractivity contribution in [2.24, 2.45) is 29.1 Å². The molecule has 56 heavy (non-hydrogen) atoms. The summed E-state index contributed by atoms with van der Waals surface area (Å²) in [5.74, 6) is -1.35. The van der Waals surface area contributed by atoms with Crippen molar-refractivity contribution in [2.75, 3.05) is 19.8 Å². The van der Waals surface area contributed by atoms with E-state index in [1.54, 1.807) is 37.9 Å². The molecule has 0 bridgehead atoms. The average molecular weight is 794 g/mol. The summed E-state index contributed by atoms with van der Waals surface area (Å²) < 4.78 is 52.2. The van der Waals surface area contributed by atoms with Gasteiger partial charge >= 0.3 is 5.97 Å². The van der Waals surface area contributed by atoms with Gasteiger partial charge in [-0.1, -0.05) is 32.4 Å². The summed E-state index contributed by atoms with van der Waals surface area (Å²) in [5, 5.41) is 0.838. The Morgan fingerprint density at radius 3 is 2.55 bits per heavy atom. The number of sulfonamides is 1. The number of Topliss-reactive ketones (excluding diaryl/α,β-unsaturated/α-hetero) is 1. The SMILES string of the molecule is CC[C@@H]1C[C@@H](C)CC/C=C\[C@@H]2C[C@@]2(C(=O)NS(=O)(=O)C2CC2)CC(=O)[C@@H]2C[C@@H](Oc3nccc4c5c(ccc34)OCCO5)CN2C(=O)[C@H]1CC(=O)OC(C)(C)C. The number of fused-ring (bicyclic) bond motifs is 5. The molecular weight excluding hydrogens is 739 g/mol. The molecule has 2 saturated carbocycles. The second-order valence-electron chi connectivity index (χ2n) is 17.5. The van der Waals surface area contributed by atoms with E-state index in [1.807, 2.05) is 31.2 Å². The number of nitrogens with zero attached hydrogens (tertiary/aromatic N) is 2. The zero-order valence-electron chi connectivity index (χ0n) is 33.1. The molecular formula is C42H55N3O10S. The molecule has 1 aromatic carbocycles. The van der Waals surface area contributed by atoms with Crippen LogP contribution in [0.3, 0.4) is 0 Å². The Morgan fingerprint density at radius 2 is 1.82 bits per heavy atom. The van der Waals surface area contributed by atoms with Crippen molar-refractivity contribution in [1.29, 1.82) is 0 Å². The first-order valence-electron chi connectivity index (χ1n) is 20.2. The van der Waals surface area contributed by atoms with Crippen LogP contribution in [-0.2, 0) is 33.9 Å². The molecule has 13 nitrogen and oxygen atoms in total. The van der Waals surface area contributed by atoms with Crippen molar-refractivity contribution >= 4 is 44.4 Å². The van der Waals surface area contributed by atoms with Crippen molar-refractivity contribution in [2.45, 2.75) is 122 Å². The lowest BCUT2D eigenvalue weighted by molar-refractivity contribution is -0.160. The topological polar surface area (TPSA) is 168 Å². The zero-order valence-corrected chi connectivity index (χ0v) is 33.9. The van der Waals surface area contributed by atoms with Gasteiger partial charge in [0.1, 0.15) is 24.9 Å². The fraction of sp³-hybridized carbons (Fsp3) is 0.643. The fourth-order valence-corrected chi connectivity index (χ4v) is 10.2. The van der Waals surface area contributed by atoms with Crippen molar-refractivity contribution < 1.29 is 46.5 Å². The molecule has 5 aliphatic rings. The number of nitrogens with one attached hydrogen (secondary N) is 1. The molecule has 2 aliphatic carbocycles. The summed E-state index contributed by atoms with van der Waals surface area (Å²) >= 11 is 0. The van der Waals surface area contributed by atoms with E-state index in [2.05, 4.69) is 16.6 Å². The number of benzene rings is 1. The number of amides is 2. The third-order valence-electron chi connectivity index (χ3n) is 12.0. The van der Waals surface area contributed by atoms with Crippen LogP contribution >= 0.6 is 0 Å². The van der Waals surface area contributed by atoms with Crippen LogP contribution in [0.5, 0.6) is 17.4 Å². The van der Waals surface area contributed by atoms with Gasteiger partial charge in [-0.3, -0.25) is 23.9 Å². The second kappa shape index (κ2) is 15.6. The molecule has 1 saturated heterocycles. The zero-order chi connectivity index (χ0) is 40.0. The van der Waals surface area contributed by atoms with Crippen LogP contribution in [0.25, 0.3) is 10.8 Å². The number of allylic oxidation sites excluding steroid dienone is 2. The summed E-state index contributed by atoms with van der Waals surface area (Å²) in [6.07, 6.45) is 8.87. The normalized spacial score (nSPS) is 30.3. The van der Waals surface area contributed by atoms with Crippen molar-refractivity contribution in [3.05, 3.63) is 36.5 Å². The number of aromatic nitrogens is 1. The van der Waals surface area contributed by atoms with Gasteiger partial charge in [0.2, 0.25) is 27.7 Å². The lowest BCUT2D eigenvalue weighted by Gasteiger charge is -2.33. The van der Waals surface area contributed by atoms with E-state index < -0.39 is 56.2 Å². The summed E-state index contributed by atoms with van der Waals surface area (Å²) in [4.78, 5) is 63.1. The van der Waals surface area contributed by atoms with Gasteiger partial charge in [0.25, 0.3) is 0 Å². The number of pyridine rings is 1. The number of carbonyl (C=O) groups excluding carboxylic acids is 4. The number of hydrogen-bond donors (Lipinski definition) is 1. The number of hydrogen-bond acceptors (Lipinski definition) is 11. The van der Waals surface area contributed by atoms with Crippen molar-refractivity contribution in [3.8, 4) is 17.4 Å². The van der Waals surface area contributed by atoms with E-state index in [9.17, 15) is 22.8 Å². The average Bonchev–Trinajstić information content (AvgIpc) is 4.07. The fourth-order valence-electron chi connectivity index (χ4n) is 8.80. The highest BCUT2D eigenvalue weighted by atomic mass is 32.2. The minimum atomic E-state index is -3.86. The maximum atomic E-state index is 15.0. The minimum absolute atomic E-state index is 0.0489. The van der Waals surface area contributed by atoms with Crippen LogP contribution in [0, 0.1) is 29.1 Å². The van der Waals surface area contributed by atoms with Gasteiger partial charge in [0, 0.05) is 29.8 Å². The first kappa shape index (κ1) is 40.0. The monoisotopic (exact) mass is 793 g/mol. The van der Waals surface area contributed by atoms with Gasteiger partial charge < -0.3 is 23.8 Å². The Bertz CT molecular complexity index is 2010. The summed E-state index contributed by atoms with van der Waals surface area (Å²) in [7, 11) is -3.86. The predicted molar refractivity (Wildman–Crippen MR) is 207 cm³/mol. The Hall–Kier alpha value is -4.20. The van der Waals surface area contributed by atoms with Gasteiger partial charge in [-0.15, -0.1) is 0 Å². The lowest BCUT2D eigenvalue weighted by Crippen LogP contribution is -2.48. The first-order chi connectivity index (χ1) is 26.6. The highest BCUT2D eigenvalue weighted by Crippen LogP contribution is 2.57. The number of carbonyl (C=O) groups is 4. The maximum absolute atomic E-state index is 15.0. The first-order valence-corrected chi connectivity index (χ1v) is 21.7. The van der Waals surface area contributed by atoms with E-state index in [-0.39, 0.29) is 55.3 Å². The van der Waals surface area contributed by atoms with E-state index in [0.29, 0.717) is 68.1 Å². The molecule has 1 N–H and O–H groups in total. The molecule has 304 valence electrons. The van der Waals surface area contributed by atoms with Gasteiger partial charge in [-0.05, 0) is 95.2 Å². The maximum Gasteiger partial charge on any atom is 0.307 e. The van der Waals surface area contributed by atoms with Crippen molar-refractivity contribution in [3.63, 3.8) is 0 Å². The van der Waals surface area contributed by atoms with Crippen LogP contribution in [0.1, 0.15) is 98.8 Å². The molecule has 0 spiro atoms. The van der Waals surface area contributed by atoms with E-state index in [4.69, 9.17) is 18.9 Å². The third-order valence-corrected chi connectivity index (χ3v) is 13.8. The Balaban J connectivity index is 1.23. The molecule has 0 unspecified atom stereocenters. The van der Waals surface area contributed by atoms with Crippen LogP contribution in [-0.4, -0.2) is 84.6 Å². The summed E-state index contributed by atoms with van der Waals surface area (Å²) in [5.41, 5.74) is -2.01. The molecule has 14 heteroatoms. The van der Waals surface area contributed by atoms with E-state index in [1.165, 1.54) is 0 Å². The number of rotatable bonds is 8. The molecule has 3 fully saturated rings. The van der Waals surface area contributed by atoms with Crippen LogP contribution in [0.4, 0.5) is 0 Å². The Kier molecular flexibility index (Phi) is 11.2. The van der Waals surface area contributed by atoms with Crippen LogP contribution in [0.15, 0.2) is 36.5 Å². The number of esters is 1. The lowest BCUT2D eigenvalue weighted by atomic mass is 9.79. The largest absolute Gasteiger partial charge is 0.486 e. The highest BCUT2D eigenvalue weighted by Gasteiger charge is 2.61. The quantitative estimate of drug-likeness (QED) is 0.258. The number of ether oxygens (including phenoxy) is 4. The van der Waals surface area contributed by atoms with Gasteiger partial charge in [0.15, 0.2) is 17.3 Å². The molecule has 7 atom stereocenters. The molecule has 2 amide bonds. The van der Waals surface area contributed by atoms with E-state index >= 15 is 4.79 Å². The minimum Gasteiger partial charge on any atom is -0.486 e. The van der Waals surface area contributed by atoms with Crippen LogP contribution in [0.2, 0.25) is 0 Å². The van der Waals surface area contributed by atoms with Crippen molar-refractivity contribution in [1.82, 2.24) is 14.6 Å². The Morgan fingerprint density at radius 1 is 1.05 bits per heavy atom. The smallest absolute Gasteiger partial charge is 0.307 e.